The number of guanidine groups is 1. The number of para-hydroxylation sites is 1. The monoisotopic (exact) mass is 457 g/mol. The quantitative estimate of drug-likeness (QED) is 0.287. The molecule has 1 N–H and O–H groups in total. The largest absolute Gasteiger partial charge is 0.490 e. The Hall–Kier alpha value is -0.980. The Morgan fingerprint density at radius 1 is 1.16 bits per heavy atom. The van der Waals surface area contributed by atoms with Crippen LogP contribution in [0.4, 0.5) is 0 Å². The van der Waals surface area contributed by atoms with Crippen LogP contribution in [0.3, 0.4) is 0 Å². The first-order chi connectivity index (χ1) is 11.8. The molecule has 1 aliphatic heterocycles. The van der Waals surface area contributed by atoms with E-state index in [0.29, 0.717) is 6.10 Å². The van der Waals surface area contributed by atoms with Gasteiger partial charge in [0.25, 0.3) is 0 Å². The number of ether oxygens (including phenoxy) is 1. The summed E-state index contributed by atoms with van der Waals surface area (Å²) in [4.78, 5) is 7.23. The minimum absolute atomic E-state index is 0. The van der Waals surface area contributed by atoms with Crippen LogP contribution in [0.25, 0.3) is 0 Å². The van der Waals surface area contributed by atoms with E-state index in [1.807, 2.05) is 30.3 Å². The zero-order valence-corrected chi connectivity index (χ0v) is 17.7. The molecule has 25 heavy (non-hydrogen) atoms. The molecule has 1 saturated heterocycles. The van der Waals surface area contributed by atoms with E-state index >= 15 is 0 Å². The summed E-state index contributed by atoms with van der Waals surface area (Å²) in [7, 11) is 0. The Balaban J connectivity index is 0.00000225. The Morgan fingerprint density at radius 2 is 1.88 bits per heavy atom. The van der Waals surface area contributed by atoms with E-state index in [1.165, 1.54) is 25.7 Å². The first-order valence-electron chi connectivity index (χ1n) is 9.60. The number of benzene rings is 1. The van der Waals surface area contributed by atoms with Gasteiger partial charge in [0.05, 0.1) is 0 Å². The first-order valence-corrected chi connectivity index (χ1v) is 9.60. The molecule has 0 spiro atoms. The summed E-state index contributed by atoms with van der Waals surface area (Å²) in [6.45, 7) is 6.07. The number of nitrogens with zero attached hydrogens (tertiary/aromatic N) is 2. The highest BCUT2D eigenvalue weighted by Gasteiger charge is 2.23. The zero-order chi connectivity index (χ0) is 16.6. The summed E-state index contributed by atoms with van der Waals surface area (Å²) in [6.07, 6.45) is 7.91. The van der Waals surface area contributed by atoms with Gasteiger partial charge < -0.3 is 15.0 Å². The van der Waals surface area contributed by atoms with Crippen LogP contribution in [0.15, 0.2) is 35.3 Å². The molecule has 5 heteroatoms. The molecular formula is C20H32IN3O. The van der Waals surface area contributed by atoms with Gasteiger partial charge in [-0.1, -0.05) is 31.0 Å². The van der Waals surface area contributed by atoms with Crippen LogP contribution in [0, 0.1) is 5.92 Å². The molecule has 0 unspecified atom stereocenters. The van der Waals surface area contributed by atoms with Crippen LogP contribution in [-0.4, -0.2) is 43.1 Å². The number of rotatable bonds is 7. The van der Waals surface area contributed by atoms with Gasteiger partial charge >= 0.3 is 0 Å². The number of piperidine rings is 1. The van der Waals surface area contributed by atoms with Gasteiger partial charge in [-0.15, -0.1) is 24.0 Å². The fourth-order valence-electron chi connectivity index (χ4n) is 3.27. The first kappa shape index (κ1) is 20.3. The van der Waals surface area contributed by atoms with E-state index in [4.69, 9.17) is 9.73 Å². The van der Waals surface area contributed by atoms with Crippen molar-refractivity contribution in [2.24, 2.45) is 10.9 Å². The second kappa shape index (κ2) is 10.9. The third kappa shape index (κ3) is 7.04. The molecule has 2 aliphatic rings. The van der Waals surface area contributed by atoms with Gasteiger partial charge in [0, 0.05) is 39.0 Å². The van der Waals surface area contributed by atoms with Gasteiger partial charge in [0.15, 0.2) is 5.96 Å². The molecule has 1 saturated carbocycles. The maximum atomic E-state index is 6.09. The second-order valence-electron chi connectivity index (χ2n) is 6.94. The SMILES string of the molecule is CCNC(=NCCCC1CC1)N1CCC(Oc2ccccc2)CC1.I. The molecule has 0 bridgehead atoms. The van der Waals surface area contributed by atoms with Gasteiger partial charge in [-0.25, -0.2) is 0 Å². The molecule has 1 aliphatic carbocycles. The van der Waals surface area contributed by atoms with Gasteiger partial charge in [0.1, 0.15) is 11.9 Å². The lowest BCUT2D eigenvalue weighted by atomic mass is 10.1. The topological polar surface area (TPSA) is 36.9 Å². The van der Waals surface area contributed by atoms with E-state index in [-0.39, 0.29) is 24.0 Å². The van der Waals surface area contributed by atoms with Gasteiger partial charge in [-0.3, -0.25) is 4.99 Å². The molecule has 2 fully saturated rings. The fourth-order valence-corrected chi connectivity index (χ4v) is 3.27. The zero-order valence-electron chi connectivity index (χ0n) is 15.3. The van der Waals surface area contributed by atoms with Crippen molar-refractivity contribution < 1.29 is 4.74 Å². The van der Waals surface area contributed by atoms with Crippen LogP contribution in [0.5, 0.6) is 5.75 Å². The average molecular weight is 457 g/mol. The minimum atomic E-state index is 0. The minimum Gasteiger partial charge on any atom is -0.490 e. The van der Waals surface area contributed by atoms with Crippen molar-refractivity contribution in [3.63, 3.8) is 0 Å². The normalized spacial score (nSPS) is 18.6. The maximum Gasteiger partial charge on any atom is 0.193 e. The van der Waals surface area contributed by atoms with Gasteiger partial charge in [-0.2, -0.15) is 0 Å². The van der Waals surface area contributed by atoms with E-state index in [0.717, 1.165) is 56.6 Å². The van der Waals surface area contributed by atoms with Crippen molar-refractivity contribution in [3.8, 4) is 5.75 Å². The second-order valence-corrected chi connectivity index (χ2v) is 6.94. The van der Waals surface area contributed by atoms with Crippen LogP contribution in [0.2, 0.25) is 0 Å². The molecule has 3 rings (SSSR count). The molecule has 1 heterocycles. The van der Waals surface area contributed by atoms with Crippen LogP contribution in [0.1, 0.15) is 45.4 Å². The molecule has 1 aromatic rings. The summed E-state index contributed by atoms with van der Waals surface area (Å²) in [6, 6.07) is 10.2. The highest BCUT2D eigenvalue weighted by Crippen LogP contribution is 2.33. The highest BCUT2D eigenvalue weighted by atomic mass is 127. The van der Waals surface area contributed by atoms with Crippen molar-refractivity contribution in [2.45, 2.75) is 51.6 Å². The Kier molecular flexibility index (Phi) is 8.85. The summed E-state index contributed by atoms with van der Waals surface area (Å²) in [5, 5.41) is 3.46. The Labute approximate surface area is 169 Å². The fraction of sp³-hybridized carbons (Fsp3) is 0.650. The predicted octanol–water partition coefficient (Wildman–Crippen LogP) is 4.30. The van der Waals surface area contributed by atoms with Gasteiger partial charge in [-0.05, 0) is 37.8 Å². The Bertz CT molecular complexity index is 511. The summed E-state index contributed by atoms with van der Waals surface area (Å²) in [5.41, 5.74) is 0. The average Bonchev–Trinajstić information content (AvgIpc) is 3.44. The van der Waals surface area contributed by atoms with E-state index in [2.05, 4.69) is 17.1 Å². The number of halogens is 1. The Morgan fingerprint density at radius 3 is 2.52 bits per heavy atom. The summed E-state index contributed by atoms with van der Waals surface area (Å²) >= 11 is 0. The standard InChI is InChI=1S/C20H31N3O.HI/c1-2-21-20(22-14-6-7-17-10-11-17)23-15-12-19(13-16-23)24-18-8-4-3-5-9-18;/h3-5,8-9,17,19H,2,6-7,10-16H2,1H3,(H,21,22);1H. The van der Waals surface area contributed by atoms with E-state index in [9.17, 15) is 0 Å². The van der Waals surface area contributed by atoms with Crippen molar-refractivity contribution in [3.05, 3.63) is 30.3 Å². The maximum absolute atomic E-state index is 6.09. The lowest BCUT2D eigenvalue weighted by Crippen LogP contribution is -2.47. The van der Waals surface area contributed by atoms with Gasteiger partial charge in [0.2, 0.25) is 0 Å². The van der Waals surface area contributed by atoms with E-state index < -0.39 is 0 Å². The predicted molar refractivity (Wildman–Crippen MR) is 115 cm³/mol. The third-order valence-electron chi connectivity index (χ3n) is 4.85. The van der Waals surface area contributed by atoms with Crippen LogP contribution < -0.4 is 10.1 Å². The number of hydrogen-bond donors (Lipinski definition) is 1. The molecule has 0 atom stereocenters. The highest BCUT2D eigenvalue weighted by molar-refractivity contribution is 14.0. The smallest absolute Gasteiger partial charge is 0.193 e. The van der Waals surface area contributed by atoms with E-state index in [1.54, 1.807) is 0 Å². The number of aliphatic imine (C=N–C) groups is 1. The molecule has 0 amide bonds. The van der Waals surface area contributed by atoms with Crippen molar-refractivity contribution in [1.82, 2.24) is 10.2 Å². The number of likely N-dealkylation sites (tertiary alicyclic amines) is 1. The molecular weight excluding hydrogens is 425 g/mol. The lowest BCUT2D eigenvalue weighted by molar-refractivity contribution is 0.129. The number of nitrogens with one attached hydrogen (secondary N) is 1. The molecule has 1 aromatic carbocycles. The van der Waals surface area contributed by atoms with Crippen molar-refractivity contribution in [1.29, 1.82) is 0 Å². The molecule has 140 valence electrons. The molecule has 4 nitrogen and oxygen atoms in total. The summed E-state index contributed by atoms with van der Waals surface area (Å²) < 4.78 is 6.09. The van der Waals surface area contributed by atoms with Crippen LogP contribution >= 0.6 is 24.0 Å². The van der Waals surface area contributed by atoms with Crippen LogP contribution in [-0.2, 0) is 0 Å². The van der Waals surface area contributed by atoms with Crippen molar-refractivity contribution >= 4 is 29.9 Å². The lowest BCUT2D eigenvalue weighted by Gasteiger charge is -2.34. The third-order valence-corrected chi connectivity index (χ3v) is 4.85. The molecule has 0 aromatic heterocycles. The van der Waals surface area contributed by atoms with Crippen molar-refractivity contribution in [2.75, 3.05) is 26.2 Å². The molecule has 0 radical (unpaired) electrons. The summed E-state index contributed by atoms with van der Waals surface area (Å²) in [5.74, 6) is 3.08. The number of hydrogen-bond acceptors (Lipinski definition) is 2.